The maximum Gasteiger partial charge on any atom is 0.336 e. The smallest absolute Gasteiger partial charge is 0.336 e. The van der Waals surface area contributed by atoms with Crippen molar-refractivity contribution >= 4 is 23.5 Å². The molecule has 4 rings (SSSR count). The first-order valence-corrected chi connectivity index (χ1v) is 13.5. The second-order valence-corrected chi connectivity index (χ2v) is 10.4. The Kier molecular flexibility index (Phi) is 8.48. The van der Waals surface area contributed by atoms with Crippen molar-refractivity contribution in [3.05, 3.63) is 76.1 Å². The number of phenolic OH excluding ortho intramolecular Hbond substituents is 1. The zero-order chi connectivity index (χ0) is 26.5. The largest absolute Gasteiger partial charge is 0.504 e. The lowest BCUT2D eigenvalue weighted by Crippen LogP contribution is -2.36. The molecule has 1 heterocycles. The number of benzene rings is 2. The third-order valence-corrected chi connectivity index (χ3v) is 7.70. The maximum absolute atomic E-state index is 13.7. The molecule has 0 bridgehead atoms. The van der Waals surface area contributed by atoms with Crippen LogP contribution < -0.4 is 14.8 Å². The normalized spacial score (nSPS) is 19.3. The monoisotopic (exact) mass is 523 g/mol. The van der Waals surface area contributed by atoms with E-state index in [1.165, 1.54) is 13.2 Å². The number of Topliss-reactive ketones (excluding diaryl/α,β-unsaturated/α-hetero) is 1. The van der Waals surface area contributed by atoms with Gasteiger partial charge in [-0.1, -0.05) is 25.1 Å². The summed E-state index contributed by atoms with van der Waals surface area (Å²) in [6.45, 7) is 4.19. The van der Waals surface area contributed by atoms with E-state index in [4.69, 9.17) is 14.2 Å². The van der Waals surface area contributed by atoms with Gasteiger partial charge in [0.25, 0.3) is 0 Å². The molecule has 37 heavy (non-hydrogen) atoms. The van der Waals surface area contributed by atoms with Crippen LogP contribution in [-0.2, 0) is 14.3 Å². The van der Waals surface area contributed by atoms with Crippen LogP contribution in [0.1, 0.15) is 49.7 Å². The van der Waals surface area contributed by atoms with Crippen molar-refractivity contribution in [1.82, 2.24) is 5.32 Å². The molecule has 0 fully saturated rings. The predicted molar refractivity (Wildman–Crippen MR) is 144 cm³/mol. The van der Waals surface area contributed by atoms with Crippen LogP contribution in [0.3, 0.4) is 0 Å². The van der Waals surface area contributed by atoms with Crippen molar-refractivity contribution in [3.8, 4) is 17.2 Å². The number of allylic oxidation sites excluding steroid dienone is 3. The summed E-state index contributed by atoms with van der Waals surface area (Å²) in [5.74, 6) is 1.59. The van der Waals surface area contributed by atoms with E-state index in [2.05, 4.69) is 12.2 Å². The van der Waals surface area contributed by atoms with Gasteiger partial charge < -0.3 is 24.6 Å². The van der Waals surface area contributed by atoms with Gasteiger partial charge in [-0.2, -0.15) is 11.8 Å². The molecule has 2 N–H and O–H groups in total. The molecule has 0 radical (unpaired) electrons. The van der Waals surface area contributed by atoms with Crippen molar-refractivity contribution in [3.63, 3.8) is 0 Å². The number of nitrogens with one attached hydrogen (secondary N) is 1. The number of esters is 1. The van der Waals surface area contributed by atoms with E-state index >= 15 is 0 Å². The second-order valence-electron chi connectivity index (χ2n) is 9.05. The van der Waals surface area contributed by atoms with E-state index in [1.54, 1.807) is 31.0 Å². The molecular formula is C29H33NO6S. The Morgan fingerprint density at radius 3 is 2.49 bits per heavy atom. The van der Waals surface area contributed by atoms with Gasteiger partial charge >= 0.3 is 5.97 Å². The molecule has 0 unspecified atom stereocenters. The minimum Gasteiger partial charge on any atom is -0.504 e. The molecule has 0 saturated carbocycles. The highest BCUT2D eigenvalue weighted by Crippen LogP contribution is 2.47. The van der Waals surface area contributed by atoms with Gasteiger partial charge in [-0.25, -0.2) is 4.79 Å². The molecule has 2 aromatic carbocycles. The number of carbonyl (C=O) groups excluding carboxylic acids is 2. The van der Waals surface area contributed by atoms with Crippen molar-refractivity contribution in [1.29, 1.82) is 0 Å². The van der Waals surface area contributed by atoms with E-state index in [9.17, 15) is 14.7 Å². The molecule has 2 atom stereocenters. The molecule has 2 aromatic rings. The number of dihydropyridines is 1. The van der Waals surface area contributed by atoms with Crippen LogP contribution in [0.2, 0.25) is 0 Å². The van der Waals surface area contributed by atoms with E-state index in [0.29, 0.717) is 47.6 Å². The summed E-state index contributed by atoms with van der Waals surface area (Å²) >= 11 is 1.70. The van der Waals surface area contributed by atoms with Crippen molar-refractivity contribution < 1.29 is 28.9 Å². The first-order valence-electron chi connectivity index (χ1n) is 12.4. The van der Waals surface area contributed by atoms with E-state index in [-0.39, 0.29) is 23.2 Å². The van der Waals surface area contributed by atoms with E-state index < -0.39 is 11.9 Å². The fourth-order valence-corrected chi connectivity index (χ4v) is 5.53. The van der Waals surface area contributed by atoms with Crippen LogP contribution in [0.15, 0.2) is 65.0 Å². The molecule has 7 nitrogen and oxygen atoms in total. The summed E-state index contributed by atoms with van der Waals surface area (Å²) in [6.07, 6.45) is 0.957. The quantitative estimate of drug-likeness (QED) is 0.348. The lowest BCUT2D eigenvalue weighted by molar-refractivity contribution is -0.138. The van der Waals surface area contributed by atoms with Crippen LogP contribution in [0.5, 0.6) is 17.2 Å². The third-order valence-electron chi connectivity index (χ3n) is 6.84. The molecule has 1 aliphatic carbocycles. The third kappa shape index (κ3) is 5.64. The fraction of sp³-hybridized carbons (Fsp3) is 0.379. The molecule has 0 aromatic heterocycles. The molecule has 2 aliphatic rings. The number of phenols is 1. The standard InChI is InChI=1S/C29H33NO6S/c1-5-37-13-12-36-29(33)26-17(2)30-22-14-20(18-6-9-21(34-3)10-7-18)15-24(32)28(22)27(26)19-8-11-23(31)25(16-19)35-4/h6-11,16,20,27,30-31H,5,12-15H2,1-4H3/t20-,27+/m1/s1. The van der Waals surface area contributed by atoms with Gasteiger partial charge in [0.2, 0.25) is 0 Å². The highest BCUT2D eigenvalue weighted by molar-refractivity contribution is 7.99. The summed E-state index contributed by atoms with van der Waals surface area (Å²) in [5.41, 5.74) is 4.19. The SMILES string of the molecule is CCSCCOC(=O)C1=C(C)NC2=C(C(=O)C[C@H](c3ccc(OC)cc3)C2)[C@H]1c1ccc(O)c(OC)c1. The first-order chi connectivity index (χ1) is 17.9. The predicted octanol–water partition coefficient (Wildman–Crippen LogP) is 5.07. The number of ether oxygens (including phenoxy) is 3. The minimum absolute atomic E-state index is 0.00651. The molecule has 0 saturated heterocycles. The summed E-state index contributed by atoms with van der Waals surface area (Å²) in [7, 11) is 3.10. The van der Waals surface area contributed by atoms with Gasteiger partial charge in [-0.15, -0.1) is 0 Å². The van der Waals surface area contributed by atoms with Gasteiger partial charge in [-0.05, 0) is 60.4 Å². The molecule has 0 spiro atoms. The number of hydrogen-bond acceptors (Lipinski definition) is 8. The van der Waals surface area contributed by atoms with Crippen LogP contribution in [0.4, 0.5) is 0 Å². The average molecular weight is 524 g/mol. The zero-order valence-corrected chi connectivity index (χ0v) is 22.4. The zero-order valence-electron chi connectivity index (χ0n) is 21.6. The number of ketones is 1. The number of hydrogen-bond donors (Lipinski definition) is 2. The topological polar surface area (TPSA) is 94.1 Å². The highest BCUT2D eigenvalue weighted by Gasteiger charge is 2.41. The number of rotatable bonds is 9. The summed E-state index contributed by atoms with van der Waals surface area (Å²) in [4.78, 5) is 27.1. The van der Waals surface area contributed by atoms with Crippen LogP contribution in [-0.4, -0.2) is 49.2 Å². The average Bonchev–Trinajstić information content (AvgIpc) is 2.90. The molecular weight excluding hydrogens is 490 g/mol. The Balaban J connectivity index is 1.73. The van der Waals surface area contributed by atoms with Gasteiger partial charge in [0.15, 0.2) is 17.3 Å². The van der Waals surface area contributed by atoms with Crippen molar-refractivity contribution in [2.75, 3.05) is 32.3 Å². The van der Waals surface area contributed by atoms with Crippen molar-refractivity contribution in [2.24, 2.45) is 0 Å². The Hall–Kier alpha value is -3.39. The fourth-order valence-electron chi connectivity index (χ4n) is 5.04. The molecule has 196 valence electrons. The number of thioether (sulfide) groups is 1. The van der Waals surface area contributed by atoms with E-state index in [1.807, 2.05) is 31.2 Å². The lowest BCUT2D eigenvalue weighted by Gasteiger charge is -2.36. The Morgan fingerprint density at radius 1 is 1.08 bits per heavy atom. The van der Waals surface area contributed by atoms with E-state index in [0.717, 1.165) is 22.8 Å². The van der Waals surface area contributed by atoms with Crippen LogP contribution in [0, 0.1) is 0 Å². The van der Waals surface area contributed by atoms with Gasteiger partial charge in [0.05, 0.1) is 19.8 Å². The van der Waals surface area contributed by atoms with Gasteiger partial charge in [0.1, 0.15) is 12.4 Å². The Bertz CT molecular complexity index is 1230. The van der Waals surface area contributed by atoms with Gasteiger partial charge in [0, 0.05) is 35.1 Å². The molecule has 0 amide bonds. The summed E-state index contributed by atoms with van der Waals surface area (Å²) < 4.78 is 16.2. The lowest BCUT2D eigenvalue weighted by atomic mass is 9.71. The number of aromatic hydroxyl groups is 1. The van der Waals surface area contributed by atoms with Crippen molar-refractivity contribution in [2.45, 2.75) is 38.5 Å². The summed E-state index contributed by atoms with van der Waals surface area (Å²) in [6, 6.07) is 12.7. The van der Waals surface area contributed by atoms with Gasteiger partial charge in [-0.3, -0.25) is 4.79 Å². The number of carbonyl (C=O) groups is 2. The number of methoxy groups -OCH3 is 2. The minimum atomic E-state index is -0.624. The van der Waals surface area contributed by atoms with Crippen LogP contribution in [0.25, 0.3) is 0 Å². The Morgan fingerprint density at radius 2 is 1.81 bits per heavy atom. The second kappa shape index (κ2) is 11.8. The molecule has 1 aliphatic heterocycles. The van der Waals surface area contributed by atoms with Crippen LogP contribution >= 0.6 is 11.8 Å². The first kappa shape index (κ1) is 26.7. The highest BCUT2D eigenvalue weighted by atomic mass is 32.2. The Labute approximate surface area is 221 Å². The summed E-state index contributed by atoms with van der Waals surface area (Å²) in [5, 5.41) is 13.5. The maximum atomic E-state index is 13.7. The molecule has 8 heteroatoms.